The molecule has 0 aliphatic carbocycles. The molecule has 1 aliphatic heterocycles. The zero-order valence-electron chi connectivity index (χ0n) is 13.5. The number of benzene rings is 1. The number of amides is 1. The minimum Gasteiger partial charge on any atom is -0.494 e. The molecule has 2 N–H and O–H groups in total. The number of likely N-dealkylation sites (tertiary alicyclic amines) is 1. The maximum absolute atomic E-state index is 12.2. The number of hydrogen-bond donors (Lipinski definition) is 1. The van der Waals surface area contributed by atoms with Crippen LogP contribution in [0.4, 0.5) is 0 Å². The Morgan fingerprint density at radius 1 is 1.32 bits per heavy atom. The van der Waals surface area contributed by atoms with E-state index in [1.165, 1.54) is 0 Å². The maximum Gasteiger partial charge on any atom is 0.260 e. The van der Waals surface area contributed by atoms with Crippen LogP contribution < -0.4 is 15.2 Å². The van der Waals surface area contributed by atoms with Gasteiger partial charge in [0, 0.05) is 19.1 Å². The summed E-state index contributed by atoms with van der Waals surface area (Å²) >= 11 is 0. The number of carbonyl (C=O) groups excluding carboxylic acids is 1. The van der Waals surface area contributed by atoms with Crippen LogP contribution in [0.3, 0.4) is 0 Å². The van der Waals surface area contributed by atoms with Gasteiger partial charge < -0.3 is 20.1 Å². The Bertz CT molecular complexity index is 473. The highest BCUT2D eigenvalue weighted by atomic mass is 16.5. The third-order valence-corrected chi connectivity index (χ3v) is 4.05. The summed E-state index contributed by atoms with van der Waals surface area (Å²) in [7, 11) is 0. The van der Waals surface area contributed by atoms with Gasteiger partial charge in [-0.3, -0.25) is 4.79 Å². The minimum atomic E-state index is 0.0271. The summed E-state index contributed by atoms with van der Waals surface area (Å²) in [6.45, 7) is 6.19. The number of piperidine rings is 1. The Morgan fingerprint density at radius 2 is 1.95 bits per heavy atom. The van der Waals surface area contributed by atoms with Crippen molar-refractivity contribution in [2.24, 2.45) is 11.7 Å². The van der Waals surface area contributed by atoms with Gasteiger partial charge in [0.05, 0.1) is 6.61 Å². The Labute approximate surface area is 132 Å². The first-order chi connectivity index (χ1) is 10.6. The lowest BCUT2D eigenvalue weighted by atomic mass is 9.92. The number of nitrogens with two attached hydrogens (primary N) is 1. The topological polar surface area (TPSA) is 64.8 Å². The van der Waals surface area contributed by atoms with E-state index >= 15 is 0 Å². The van der Waals surface area contributed by atoms with Crippen molar-refractivity contribution in [3.63, 3.8) is 0 Å². The van der Waals surface area contributed by atoms with Crippen molar-refractivity contribution >= 4 is 5.91 Å². The summed E-state index contributed by atoms with van der Waals surface area (Å²) in [6.07, 6.45) is 2.11. The Balaban J connectivity index is 1.81. The molecule has 1 saturated heterocycles. The number of ether oxygens (including phenoxy) is 2. The van der Waals surface area contributed by atoms with Crippen molar-refractivity contribution < 1.29 is 14.3 Å². The van der Waals surface area contributed by atoms with E-state index in [0.717, 1.165) is 31.7 Å². The average Bonchev–Trinajstić information content (AvgIpc) is 2.54. The van der Waals surface area contributed by atoms with Crippen LogP contribution in [0.5, 0.6) is 11.5 Å². The molecule has 122 valence electrons. The molecule has 0 aromatic heterocycles. The largest absolute Gasteiger partial charge is 0.494 e. The minimum absolute atomic E-state index is 0.0271. The van der Waals surface area contributed by atoms with E-state index in [0.29, 0.717) is 18.3 Å². The molecular weight excluding hydrogens is 280 g/mol. The molecule has 1 amide bonds. The maximum atomic E-state index is 12.2. The van der Waals surface area contributed by atoms with Crippen LogP contribution in [-0.2, 0) is 4.79 Å². The first kappa shape index (κ1) is 16.6. The van der Waals surface area contributed by atoms with Gasteiger partial charge in [0.2, 0.25) is 0 Å². The molecule has 1 aliphatic rings. The van der Waals surface area contributed by atoms with Crippen LogP contribution >= 0.6 is 0 Å². The van der Waals surface area contributed by atoms with Gasteiger partial charge in [0.15, 0.2) is 6.61 Å². The lowest BCUT2D eigenvalue weighted by Crippen LogP contribution is -2.46. The monoisotopic (exact) mass is 306 g/mol. The molecule has 1 aromatic carbocycles. The molecule has 2 unspecified atom stereocenters. The molecule has 1 heterocycles. The van der Waals surface area contributed by atoms with Gasteiger partial charge in [-0.2, -0.15) is 0 Å². The van der Waals surface area contributed by atoms with E-state index in [-0.39, 0.29) is 18.6 Å². The van der Waals surface area contributed by atoms with E-state index in [1.54, 1.807) is 0 Å². The van der Waals surface area contributed by atoms with Gasteiger partial charge in [-0.25, -0.2) is 0 Å². The lowest BCUT2D eigenvalue weighted by molar-refractivity contribution is -0.135. The fourth-order valence-corrected chi connectivity index (χ4v) is 2.70. The second-order valence-corrected chi connectivity index (χ2v) is 5.79. The summed E-state index contributed by atoms with van der Waals surface area (Å²) < 4.78 is 10.9. The molecule has 0 bridgehead atoms. The summed E-state index contributed by atoms with van der Waals surface area (Å²) in [6, 6.07) is 7.45. The Morgan fingerprint density at radius 3 is 2.55 bits per heavy atom. The molecule has 22 heavy (non-hydrogen) atoms. The van der Waals surface area contributed by atoms with Crippen LogP contribution in [0.1, 0.15) is 26.7 Å². The zero-order chi connectivity index (χ0) is 15.9. The van der Waals surface area contributed by atoms with Gasteiger partial charge in [0.25, 0.3) is 5.91 Å². The summed E-state index contributed by atoms with van der Waals surface area (Å²) in [5, 5.41) is 0. The molecule has 0 spiro atoms. The molecule has 2 rings (SSSR count). The van der Waals surface area contributed by atoms with Crippen molar-refractivity contribution in [1.29, 1.82) is 0 Å². The predicted octanol–water partition coefficient (Wildman–Crippen LogP) is 2.05. The molecule has 0 saturated carbocycles. The molecule has 5 nitrogen and oxygen atoms in total. The van der Waals surface area contributed by atoms with Gasteiger partial charge in [-0.1, -0.05) is 0 Å². The molecule has 1 aromatic rings. The number of carbonyl (C=O) groups is 1. The fourth-order valence-electron chi connectivity index (χ4n) is 2.70. The second-order valence-electron chi connectivity index (χ2n) is 5.79. The summed E-state index contributed by atoms with van der Waals surface area (Å²) in [4.78, 5) is 14.1. The van der Waals surface area contributed by atoms with Crippen LogP contribution in [0, 0.1) is 5.92 Å². The van der Waals surface area contributed by atoms with Crippen LogP contribution in [0.2, 0.25) is 0 Å². The van der Waals surface area contributed by atoms with Crippen LogP contribution in [0.15, 0.2) is 24.3 Å². The zero-order valence-corrected chi connectivity index (χ0v) is 13.5. The number of nitrogens with zero attached hydrogens (tertiary/aromatic N) is 1. The Kier molecular flexibility index (Phi) is 6.07. The molecule has 2 atom stereocenters. The van der Waals surface area contributed by atoms with Gasteiger partial charge in [-0.15, -0.1) is 0 Å². The molecule has 5 heteroatoms. The van der Waals surface area contributed by atoms with Crippen LogP contribution in [0.25, 0.3) is 0 Å². The third kappa shape index (κ3) is 4.63. The highest BCUT2D eigenvalue weighted by Gasteiger charge is 2.25. The van der Waals surface area contributed by atoms with E-state index in [1.807, 2.05) is 43.0 Å². The first-order valence-electron chi connectivity index (χ1n) is 7.99. The standard InChI is InChI=1S/C17H26N2O3/c1-3-21-15-6-8-16(9-7-15)22-12-17(20)19-10-4-5-14(11-19)13(2)18/h6-9,13-14H,3-5,10-12,18H2,1-2H3. The van der Waals surface area contributed by atoms with Gasteiger partial charge in [-0.05, 0) is 56.9 Å². The predicted molar refractivity (Wildman–Crippen MR) is 86.1 cm³/mol. The van der Waals surface area contributed by atoms with E-state index in [9.17, 15) is 4.79 Å². The van der Waals surface area contributed by atoms with Crippen molar-refractivity contribution in [1.82, 2.24) is 4.90 Å². The Hall–Kier alpha value is -1.75. The number of hydrogen-bond acceptors (Lipinski definition) is 4. The van der Waals surface area contributed by atoms with E-state index in [2.05, 4.69) is 0 Å². The SMILES string of the molecule is CCOc1ccc(OCC(=O)N2CCCC(C(C)N)C2)cc1. The first-order valence-corrected chi connectivity index (χ1v) is 7.99. The van der Waals surface area contributed by atoms with Crippen LogP contribution in [-0.4, -0.2) is 43.2 Å². The second kappa shape index (κ2) is 8.03. The summed E-state index contributed by atoms with van der Waals surface area (Å²) in [5.41, 5.74) is 5.95. The molecule has 1 fully saturated rings. The van der Waals surface area contributed by atoms with Crippen molar-refractivity contribution in [3.05, 3.63) is 24.3 Å². The quantitative estimate of drug-likeness (QED) is 0.873. The fraction of sp³-hybridized carbons (Fsp3) is 0.588. The van der Waals surface area contributed by atoms with Gasteiger partial charge in [0.1, 0.15) is 11.5 Å². The van der Waals surface area contributed by atoms with Crippen molar-refractivity contribution in [3.8, 4) is 11.5 Å². The third-order valence-electron chi connectivity index (χ3n) is 4.05. The smallest absolute Gasteiger partial charge is 0.260 e. The highest BCUT2D eigenvalue weighted by Crippen LogP contribution is 2.20. The number of rotatable bonds is 6. The molecular formula is C17H26N2O3. The average molecular weight is 306 g/mol. The normalized spacial score (nSPS) is 19.6. The van der Waals surface area contributed by atoms with E-state index < -0.39 is 0 Å². The van der Waals surface area contributed by atoms with Gasteiger partial charge >= 0.3 is 0 Å². The van der Waals surface area contributed by atoms with Crippen molar-refractivity contribution in [2.75, 3.05) is 26.3 Å². The van der Waals surface area contributed by atoms with Crippen molar-refractivity contribution in [2.45, 2.75) is 32.7 Å². The molecule has 0 radical (unpaired) electrons. The lowest BCUT2D eigenvalue weighted by Gasteiger charge is -2.34. The summed E-state index contributed by atoms with van der Waals surface area (Å²) in [5.74, 6) is 1.90. The van der Waals surface area contributed by atoms with E-state index in [4.69, 9.17) is 15.2 Å². The highest BCUT2D eigenvalue weighted by molar-refractivity contribution is 5.77.